The third-order valence-electron chi connectivity index (χ3n) is 4.02. The van der Waals surface area contributed by atoms with E-state index in [1.165, 1.54) is 30.3 Å². The van der Waals surface area contributed by atoms with Gasteiger partial charge in [-0.1, -0.05) is 11.2 Å². The number of hydrogen-bond acceptors (Lipinski definition) is 7. The highest BCUT2D eigenvalue weighted by Crippen LogP contribution is 2.21. The molecule has 1 amide bonds. The van der Waals surface area contributed by atoms with E-state index in [1.807, 2.05) is 0 Å². The van der Waals surface area contributed by atoms with Gasteiger partial charge in [0.25, 0.3) is 15.9 Å². The zero-order valence-corrected chi connectivity index (χ0v) is 17.4. The lowest BCUT2D eigenvalue weighted by Crippen LogP contribution is -2.30. The Morgan fingerprint density at radius 2 is 1.80 bits per heavy atom. The van der Waals surface area contributed by atoms with E-state index in [4.69, 9.17) is 14.0 Å². The van der Waals surface area contributed by atoms with Crippen molar-refractivity contribution in [1.29, 1.82) is 0 Å². The van der Waals surface area contributed by atoms with Crippen molar-refractivity contribution in [2.45, 2.75) is 24.8 Å². The van der Waals surface area contributed by atoms with E-state index in [0.717, 1.165) is 0 Å². The lowest BCUT2D eigenvalue weighted by molar-refractivity contribution is -0.122. The summed E-state index contributed by atoms with van der Waals surface area (Å²) in [7, 11) is -2.29. The fourth-order valence-electron chi connectivity index (χ4n) is 2.50. The van der Waals surface area contributed by atoms with Crippen LogP contribution in [0.1, 0.15) is 12.7 Å². The van der Waals surface area contributed by atoms with Gasteiger partial charge in [-0.3, -0.25) is 9.52 Å². The largest absolute Gasteiger partial charge is 0.497 e. The van der Waals surface area contributed by atoms with Gasteiger partial charge in [-0.25, -0.2) is 8.42 Å². The third kappa shape index (κ3) is 5.29. The smallest absolute Gasteiger partial charge is 0.265 e. The van der Waals surface area contributed by atoms with Crippen LogP contribution < -0.4 is 19.5 Å². The molecule has 0 radical (unpaired) electrons. The highest BCUT2D eigenvalue weighted by atomic mass is 32.2. The monoisotopic (exact) mass is 431 g/mol. The number of aromatic nitrogens is 1. The topological polar surface area (TPSA) is 120 Å². The number of anilines is 2. The molecule has 1 atom stereocenters. The van der Waals surface area contributed by atoms with Crippen molar-refractivity contribution < 1.29 is 27.2 Å². The van der Waals surface area contributed by atoms with E-state index >= 15 is 0 Å². The zero-order valence-electron chi connectivity index (χ0n) is 16.6. The summed E-state index contributed by atoms with van der Waals surface area (Å²) in [6, 6.07) is 14.1. The Kier molecular flexibility index (Phi) is 6.26. The maximum Gasteiger partial charge on any atom is 0.265 e. The molecule has 0 saturated heterocycles. The molecule has 0 spiro atoms. The fraction of sp³-hybridized carbons (Fsp3) is 0.200. The van der Waals surface area contributed by atoms with Crippen LogP contribution in [0, 0.1) is 6.92 Å². The van der Waals surface area contributed by atoms with Gasteiger partial charge < -0.3 is 19.3 Å². The predicted octanol–water partition coefficient (Wildman–Crippen LogP) is 3.20. The van der Waals surface area contributed by atoms with Crippen LogP contribution in [-0.4, -0.2) is 32.7 Å². The molecule has 1 aromatic heterocycles. The van der Waals surface area contributed by atoms with Crippen LogP contribution in [0.15, 0.2) is 64.0 Å². The number of methoxy groups -OCH3 is 1. The molecule has 0 aliphatic rings. The van der Waals surface area contributed by atoms with Crippen molar-refractivity contribution in [1.82, 2.24) is 5.16 Å². The number of nitrogens with one attached hydrogen (secondary N) is 2. The summed E-state index contributed by atoms with van der Waals surface area (Å²) >= 11 is 0. The fourth-order valence-corrected chi connectivity index (χ4v) is 3.49. The standard InChI is InChI=1S/C20H21N3O6S/c1-13-11-19(22-29-13)23-30(25,26)18-9-7-15(8-10-18)21-20(24)14(2)28-17-6-4-5-16(12-17)27-3/h4-12,14H,1-3H3,(H,21,24)(H,22,23). The maximum atomic E-state index is 12.4. The van der Waals surface area contributed by atoms with E-state index in [2.05, 4.69) is 15.2 Å². The number of carbonyl (C=O) groups is 1. The molecule has 3 aromatic rings. The Hall–Kier alpha value is -3.53. The number of ether oxygens (including phenoxy) is 2. The maximum absolute atomic E-state index is 12.4. The van der Waals surface area contributed by atoms with E-state index in [-0.39, 0.29) is 16.6 Å². The Balaban J connectivity index is 1.62. The van der Waals surface area contributed by atoms with Gasteiger partial charge >= 0.3 is 0 Å². The number of hydrogen-bond donors (Lipinski definition) is 2. The molecule has 9 nitrogen and oxygen atoms in total. The highest BCUT2D eigenvalue weighted by Gasteiger charge is 2.18. The molecule has 3 rings (SSSR count). The normalized spacial score (nSPS) is 12.1. The van der Waals surface area contributed by atoms with Gasteiger partial charge in [-0.2, -0.15) is 0 Å². The summed E-state index contributed by atoms with van der Waals surface area (Å²) in [5, 5.41) is 6.29. The van der Waals surface area contributed by atoms with Crippen molar-refractivity contribution in [3.63, 3.8) is 0 Å². The van der Waals surface area contributed by atoms with Gasteiger partial charge in [0.05, 0.1) is 12.0 Å². The van der Waals surface area contributed by atoms with Gasteiger partial charge in [-0.05, 0) is 50.2 Å². The van der Waals surface area contributed by atoms with Crippen molar-refractivity contribution in [3.05, 3.63) is 60.4 Å². The molecule has 2 N–H and O–H groups in total. The predicted molar refractivity (Wildman–Crippen MR) is 110 cm³/mol. The summed E-state index contributed by atoms with van der Waals surface area (Å²) < 4.78 is 42.7. The Labute approximate surface area is 174 Å². The minimum absolute atomic E-state index is 0.0156. The van der Waals surface area contributed by atoms with E-state index in [9.17, 15) is 13.2 Å². The first kappa shape index (κ1) is 21.2. The van der Waals surface area contributed by atoms with Gasteiger partial charge in [0.2, 0.25) is 0 Å². The molecule has 1 unspecified atom stereocenters. The number of aryl methyl sites for hydroxylation is 1. The minimum atomic E-state index is -3.83. The first-order valence-corrected chi connectivity index (χ1v) is 10.4. The second-order valence-corrected chi connectivity index (χ2v) is 8.06. The Morgan fingerprint density at radius 1 is 1.10 bits per heavy atom. The van der Waals surface area contributed by atoms with E-state index < -0.39 is 16.1 Å². The van der Waals surface area contributed by atoms with Crippen LogP contribution in [0.2, 0.25) is 0 Å². The van der Waals surface area contributed by atoms with Gasteiger partial charge in [0, 0.05) is 17.8 Å². The van der Waals surface area contributed by atoms with Crippen LogP contribution in [0.3, 0.4) is 0 Å². The van der Waals surface area contributed by atoms with Crippen molar-refractivity contribution in [2.75, 3.05) is 17.1 Å². The second kappa shape index (κ2) is 8.87. The third-order valence-corrected chi connectivity index (χ3v) is 5.39. The molecular formula is C20H21N3O6S. The summed E-state index contributed by atoms with van der Waals surface area (Å²) in [4.78, 5) is 12.4. The van der Waals surface area contributed by atoms with E-state index in [0.29, 0.717) is 22.9 Å². The molecule has 30 heavy (non-hydrogen) atoms. The lowest BCUT2D eigenvalue weighted by Gasteiger charge is -2.15. The SMILES string of the molecule is COc1cccc(OC(C)C(=O)Nc2ccc(S(=O)(=O)Nc3cc(C)on3)cc2)c1. The van der Waals surface area contributed by atoms with Crippen LogP contribution in [0.4, 0.5) is 11.5 Å². The molecule has 0 bridgehead atoms. The van der Waals surface area contributed by atoms with Crippen LogP contribution >= 0.6 is 0 Å². The van der Waals surface area contributed by atoms with Crippen LogP contribution in [0.25, 0.3) is 0 Å². The molecule has 158 valence electrons. The molecule has 1 heterocycles. The van der Waals surface area contributed by atoms with Crippen molar-refractivity contribution >= 4 is 27.4 Å². The van der Waals surface area contributed by atoms with Gasteiger partial charge in [0.1, 0.15) is 17.3 Å². The number of amides is 1. The number of rotatable bonds is 8. The molecule has 0 saturated carbocycles. The van der Waals surface area contributed by atoms with Gasteiger partial charge in [-0.15, -0.1) is 0 Å². The number of benzene rings is 2. The van der Waals surface area contributed by atoms with Crippen LogP contribution in [-0.2, 0) is 14.8 Å². The molecular weight excluding hydrogens is 410 g/mol. The van der Waals surface area contributed by atoms with Crippen molar-refractivity contribution in [2.24, 2.45) is 0 Å². The van der Waals surface area contributed by atoms with Crippen LogP contribution in [0.5, 0.6) is 11.5 Å². The number of nitrogens with zero attached hydrogens (tertiary/aromatic N) is 1. The average molecular weight is 431 g/mol. The lowest BCUT2D eigenvalue weighted by atomic mass is 10.3. The van der Waals surface area contributed by atoms with Crippen molar-refractivity contribution in [3.8, 4) is 11.5 Å². The average Bonchev–Trinajstić information content (AvgIpc) is 3.12. The molecule has 0 fully saturated rings. The summed E-state index contributed by atoms with van der Waals surface area (Å²) in [6.07, 6.45) is -0.780. The van der Waals surface area contributed by atoms with E-state index in [1.54, 1.807) is 45.2 Å². The number of carbonyl (C=O) groups excluding carboxylic acids is 1. The molecule has 0 aliphatic carbocycles. The molecule has 0 aliphatic heterocycles. The van der Waals surface area contributed by atoms with Gasteiger partial charge in [0.15, 0.2) is 11.9 Å². The molecule has 2 aromatic carbocycles. The first-order valence-electron chi connectivity index (χ1n) is 8.94. The summed E-state index contributed by atoms with van der Waals surface area (Å²) in [5.74, 6) is 1.30. The Morgan fingerprint density at radius 3 is 2.43 bits per heavy atom. The summed E-state index contributed by atoms with van der Waals surface area (Å²) in [6.45, 7) is 3.26. The number of sulfonamides is 1. The zero-order chi connectivity index (χ0) is 21.7. The Bertz CT molecular complexity index is 1130. The highest BCUT2D eigenvalue weighted by molar-refractivity contribution is 7.92. The minimum Gasteiger partial charge on any atom is -0.497 e. The second-order valence-electron chi connectivity index (χ2n) is 6.38. The first-order chi connectivity index (χ1) is 14.3. The summed E-state index contributed by atoms with van der Waals surface area (Å²) in [5.41, 5.74) is 0.428. The molecule has 10 heteroatoms. The quantitative estimate of drug-likeness (QED) is 0.562.